The summed E-state index contributed by atoms with van der Waals surface area (Å²) in [6, 6.07) is -0.190. The number of amides is 2. The highest BCUT2D eigenvalue weighted by molar-refractivity contribution is 5.79. The molecule has 0 saturated heterocycles. The zero-order chi connectivity index (χ0) is 8.55. The van der Waals surface area contributed by atoms with Gasteiger partial charge in [0.1, 0.15) is 12.0 Å². The fourth-order valence-electron chi connectivity index (χ4n) is 1.33. The maximum absolute atomic E-state index is 11.0. The van der Waals surface area contributed by atoms with E-state index < -0.39 is 0 Å². The van der Waals surface area contributed by atoms with Gasteiger partial charge in [0.05, 0.1) is 0 Å². The van der Waals surface area contributed by atoms with Gasteiger partial charge in [-0.15, -0.1) is 0 Å². The molecule has 0 saturated carbocycles. The predicted molar refractivity (Wildman–Crippen MR) is 43.8 cm³/mol. The number of rotatable bonds is 1. The summed E-state index contributed by atoms with van der Waals surface area (Å²) < 4.78 is 0. The summed E-state index contributed by atoms with van der Waals surface area (Å²) in [5.74, 6) is 0.755. The Morgan fingerprint density at radius 1 is 1.58 bits per heavy atom. The first-order valence-corrected chi connectivity index (χ1v) is 3.73. The number of fused-ring (bicyclic) bond motifs is 1. The van der Waals surface area contributed by atoms with Crippen LogP contribution in [-0.2, 0) is 0 Å². The second-order valence-corrected chi connectivity index (χ2v) is 2.61. The largest absolute Gasteiger partial charge is 0.374 e. The smallest absolute Gasteiger partial charge is 0.322 e. The average molecular weight is 166 g/mol. The van der Waals surface area contributed by atoms with Gasteiger partial charge in [0, 0.05) is 12.6 Å². The first-order chi connectivity index (χ1) is 5.81. The van der Waals surface area contributed by atoms with Crippen molar-refractivity contribution in [3.05, 3.63) is 23.7 Å². The summed E-state index contributed by atoms with van der Waals surface area (Å²) >= 11 is 0. The Kier molecular flexibility index (Phi) is 1.43. The number of hydrogen-bond acceptors (Lipinski definition) is 3. The van der Waals surface area contributed by atoms with Crippen LogP contribution in [0.5, 0.6) is 0 Å². The van der Waals surface area contributed by atoms with Gasteiger partial charge in [0.15, 0.2) is 0 Å². The van der Waals surface area contributed by atoms with Crippen molar-refractivity contribution in [1.29, 1.82) is 0 Å². The molecule has 0 aliphatic carbocycles. The molecule has 0 radical (unpaired) electrons. The highest BCUT2D eigenvalue weighted by atomic mass is 16.2. The van der Waals surface area contributed by atoms with E-state index in [9.17, 15) is 4.79 Å². The molecule has 1 unspecified atom stereocenters. The molecule has 0 fully saturated rings. The SMILES string of the molecule is CNC1=C2C=CNC2NC(=O)N1. The van der Waals surface area contributed by atoms with Crippen LogP contribution < -0.4 is 21.3 Å². The minimum Gasteiger partial charge on any atom is -0.374 e. The van der Waals surface area contributed by atoms with Crippen molar-refractivity contribution in [2.45, 2.75) is 6.17 Å². The fraction of sp³-hybridized carbons (Fsp3) is 0.286. The quantitative estimate of drug-likeness (QED) is 0.411. The second kappa shape index (κ2) is 2.44. The number of carbonyl (C=O) groups is 1. The van der Waals surface area contributed by atoms with Crippen LogP contribution in [0.25, 0.3) is 0 Å². The molecule has 64 valence electrons. The fourth-order valence-corrected chi connectivity index (χ4v) is 1.33. The summed E-state index contributed by atoms with van der Waals surface area (Å²) in [5, 5.41) is 11.3. The predicted octanol–water partition coefficient (Wildman–Crippen LogP) is -0.827. The number of nitrogens with one attached hydrogen (secondary N) is 4. The topological polar surface area (TPSA) is 65.2 Å². The molecular weight excluding hydrogens is 156 g/mol. The first kappa shape index (κ1) is 7.02. The molecule has 0 aromatic heterocycles. The lowest BCUT2D eigenvalue weighted by Crippen LogP contribution is -2.53. The summed E-state index contributed by atoms with van der Waals surface area (Å²) in [6.07, 6.45) is 3.65. The van der Waals surface area contributed by atoms with Crippen LogP contribution in [0.2, 0.25) is 0 Å². The van der Waals surface area contributed by atoms with Crippen LogP contribution in [-0.4, -0.2) is 19.2 Å². The van der Waals surface area contributed by atoms with Crippen molar-refractivity contribution in [1.82, 2.24) is 21.3 Å². The molecular formula is C7H10N4O. The minimum absolute atomic E-state index is 0.0822. The van der Waals surface area contributed by atoms with Gasteiger partial charge in [-0.25, -0.2) is 4.79 Å². The summed E-state index contributed by atoms with van der Waals surface area (Å²) in [4.78, 5) is 11.0. The molecule has 2 amide bonds. The zero-order valence-electron chi connectivity index (χ0n) is 6.64. The van der Waals surface area contributed by atoms with Crippen molar-refractivity contribution < 1.29 is 4.79 Å². The van der Waals surface area contributed by atoms with Gasteiger partial charge in [-0.1, -0.05) is 0 Å². The van der Waals surface area contributed by atoms with Gasteiger partial charge in [-0.3, -0.25) is 5.32 Å². The second-order valence-electron chi connectivity index (χ2n) is 2.61. The number of urea groups is 1. The zero-order valence-corrected chi connectivity index (χ0v) is 6.64. The lowest BCUT2D eigenvalue weighted by atomic mass is 10.2. The van der Waals surface area contributed by atoms with Gasteiger partial charge in [-0.05, 0) is 12.3 Å². The highest BCUT2D eigenvalue weighted by Gasteiger charge is 2.26. The Balaban J connectivity index is 2.34. The minimum atomic E-state index is -0.190. The molecule has 12 heavy (non-hydrogen) atoms. The Hall–Kier alpha value is -1.65. The van der Waals surface area contributed by atoms with Crippen molar-refractivity contribution in [2.75, 3.05) is 7.05 Å². The summed E-state index contributed by atoms with van der Waals surface area (Å²) in [5.41, 5.74) is 1.03. The van der Waals surface area contributed by atoms with Crippen LogP contribution in [0, 0.1) is 0 Å². The first-order valence-electron chi connectivity index (χ1n) is 3.73. The lowest BCUT2D eigenvalue weighted by Gasteiger charge is -2.24. The van der Waals surface area contributed by atoms with Crippen LogP contribution >= 0.6 is 0 Å². The maximum atomic E-state index is 11.0. The van der Waals surface area contributed by atoms with E-state index in [2.05, 4.69) is 21.3 Å². The highest BCUT2D eigenvalue weighted by Crippen LogP contribution is 2.13. The van der Waals surface area contributed by atoms with Gasteiger partial charge in [-0.2, -0.15) is 0 Å². The number of hydrogen-bond donors (Lipinski definition) is 4. The maximum Gasteiger partial charge on any atom is 0.322 e. The molecule has 4 N–H and O–H groups in total. The van der Waals surface area contributed by atoms with Crippen molar-refractivity contribution in [3.63, 3.8) is 0 Å². The Morgan fingerprint density at radius 2 is 2.42 bits per heavy atom. The summed E-state index contributed by atoms with van der Waals surface area (Å²) in [7, 11) is 1.77. The monoisotopic (exact) mass is 166 g/mol. The molecule has 5 nitrogen and oxygen atoms in total. The van der Waals surface area contributed by atoms with Crippen molar-refractivity contribution in [3.8, 4) is 0 Å². The van der Waals surface area contributed by atoms with E-state index in [0.29, 0.717) is 0 Å². The standard InChI is InChI=1S/C7H10N4O/c1-8-5-4-2-3-9-6(4)11-7(12)10-5/h2-3,6,8-9H,1H3,(H2,10,11,12). The molecule has 0 aromatic rings. The molecule has 2 aliphatic heterocycles. The third-order valence-corrected chi connectivity index (χ3v) is 1.89. The van der Waals surface area contributed by atoms with Gasteiger partial charge in [0.2, 0.25) is 0 Å². The van der Waals surface area contributed by atoms with Gasteiger partial charge < -0.3 is 16.0 Å². The van der Waals surface area contributed by atoms with E-state index in [1.54, 1.807) is 7.05 Å². The molecule has 0 bridgehead atoms. The molecule has 1 atom stereocenters. The van der Waals surface area contributed by atoms with E-state index in [1.807, 2.05) is 12.3 Å². The van der Waals surface area contributed by atoms with Crippen LogP contribution in [0.4, 0.5) is 4.79 Å². The van der Waals surface area contributed by atoms with E-state index in [4.69, 9.17) is 0 Å². The third kappa shape index (κ3) is 0.903. The van der Waals surface area contributed by atoms with Crippen molar-refractivity contribution in [2.24, 2.45) is 0 Å². The molecule has 0 aromatic carbocycles. The molecule has 5 heteroatoms. The van der Waals surface area contributed by atoms with Gasteiger partial charge >= 0.3 is 6.03 Å². The van der Waals surface area contributed by atoms with E-state index >= 15 is 0 Å². The van der Waals surface area contributed by atoms with Crippen LogP contribution in [0.3, 0.4) is 0 Å². The van der Waals surface area contributed by atoms with Crippen molar-refractivity contribution >= 4 is 6.03 Å². The number of carbonyl (C=O) groups excluding carboxylic acids is 1. The Labute approximate surface area is 69.9 Å². The average Bonchev–Trinajstić information content (AvgIpc) is 2.50. The van der Waals surface area contributed by atoms with E-state index in [1.165, 1.54) is 0 Å². The Bertz CT molecular complexity index is 281. The van der Waals surface area contributed by atoms with E-state index in [0.717, 1.165) is 11.4 Å². The normalized spacial score (nSPS) is 25.8. The molecule has 2 heterocycles. The summed E-state index contributed by atoms with van der Waals surface area (Å²) in [6.45, 7) is 0. The molecule has 2 aliphatic rings. The third-order valence-electron chi connectivity index (χ3n) is 1.89. The van der Waals surface area contributed by atoms with Gasteiger partial charge in [0.25, 0.3) is 0 Å². The molecule has 2 rings (SSSR count). The van der Waals surface area contributed by atoms with Crippen LogP contribution in [0.15, 0.2) is 23.7 Å². The van der Waals surface area contributed by atoms with Crippen LogP contribution in [0.1, 0.15) is 0 Å². The van der Waals surface area contributed by atoms with E-state index in [-0.39, 0.29) is 12.2 Å². The Morgan fingerprint density at radius 3 is 3.17 bits per heavy atom. The molecule has 0 spiro atoms. The lowest BCUT2D eigenvalue weighted by molar-refractivity contribution is 0.237.